The molecule has 1 heterocycles. The second-order valence-electron chi connectivity index (χ2n) is 9.54. The van der Waals surface area contributed by atoms with Crippen molar-refractivity contribution in [2.45, 2.75) is 33.4 Å². The van der Waals surface area contributed by atoms with E-state index in [1.807, 2.05) is 55.5 Å². The first-order valence-corrected chi connectivity index (χ1v) is 12.5. The molecule has 192 valence electrons. The van der Waals surface area contributed by atoms with Crippen LogP contribution in [0.3, 0.4) is 0 Å². The average molecular weight is 520 g/mol. The summed E-state index contributed by atoms with van der Waals surface area (Å²) in [6, 6.07) is 19.0. The molecule has 1 fully saturated rings. The number of halogens is 1. The van der Waals surface area contributed by atoms with Gasteiger partial charge in [0.25, 0.3) is 11.7 Å². The summed E-state index contributed by atoms with van der Waals surface area (Å²) >= 11 is 6.15. The number of Topliss-reactive ketones (excluding diaryl/α,β-unsaturated/α-hetero) is 1. The van der Waals surface area contributed by atoms with E-state index in [0.29, 0.717) is 28.9 Å². The second kappa shape index (κ2) is 11.1. The summed E-state index contributed by atoms with van der Waals surface area (Å²) in [4.78, 5) is 28.1. The summed E-state index contributed by atoms with van der Waals surface area (Å²) < 4.78 is 11.0. The fourth-order valence-corrected chi connectivity index (χ4v) is 4.54. The number of hydrogen-bond donors (Lipinski definition) is 1. The van der Waals surface area contributed by atoms with Gasteiger partial charge in [0.2, 0.25) is 0 Å². The monoisotopic (exact) mass is 519 g/mol. The van der Waals surface area contributed by atoms with Crippen molar-refractivity contribution in [3.63, 3.8) is 0 Å². The summed E-state index contributed by atoms with van der Waals surface area (Å²) in [6.45, 7) is 6.90. The fraction of sp³-hybridized carbons (Fsp3) is 0.267. The van der Waals surface area contributed by atoms with Gasteiger partial charge in [0.05, 0.1) is 30.4 Å². The lowest BCUT2D eigenvalue weighted by atomic mass is 9.94. The van der Waals surface area contributed by atoms with E-state index in [9.17, 15) is 14.7 Å². The standard InChI is InChI=1S/C30H30ClNO5/c1-18(2)17-37-23-11-8-20(9-12-23)16-32-27(21-7-5-6-19(3)14-21)26(29(34)30(32)35)28(33)22-10-13-24(31)25(15-22)36-4/h5-15,18,27,33H,16-17H2,1-4H3/b28-26-. The smallest absolute Gasteiger partial charge is 0.295 e. The first kappa shape index (κ1) is 26.3. The van der Waals surface area contributed by atoms with Gasteiger partial charge in [-0.15, -0.1) is 0 Å². The third-order valence-corrected chi connectivity index (χ3v) is 6.49. The summed E-state index contributed by atoms with van der Waals surface area (Å²) in [5, 5.41) is 11.7. The summed E-state index contributed by atoms with van der Waals surface area (Å²) in [5.41, 5.74) is 2.91. The number of ketones is 1. The van der Waals surface area contributed by atoms with Gasteiger partial charge in [0.15, 0.2) is 0 Å². The number of carbonyl (C=O) groups is 2. The Balaban J connectivity index is 1.76. The average Bonchev–Trinajstić information content (AvgIpc) is 3.13. The molecule has 0 radical (unpaired) electrons. The van der Waals surface area contributed by atoms with Crippen LogP contribution in [-0.2, 0) is 16.1 Å². The summed E-state index contributed by atoms with van der Waals surface area (Å²) in [7, 11) is 1.47. The molecule has 7 heteroatoms. The van der Waals surface area contributed by atoms with E-state index in [-0.39, 0.29) is 17.9 Å². The van der Waals surface area contributed by atoms with Crippen LogP contribution in [0, 0.1) is 12.8 Å². The zero-order valence-corrected chi connectivity index (χ0v) is 22.1. The first-order chi connectivity index (χ1) is 17.7. The van der Waals surface area contributed by atoms with Gasteiger partial charge in [0, 0.05) is 12.1 Å². The summed E-state index contributed by atoms with van der Waals surface area (Å²) in [5.74, 6) is -0.191. The molecule has 3 aromatic carbocycles. The predicted octanol–water partition coefficient (Wildman–Crippen LogP) is 6.31. The van der Waals surface area contributed by atoms with Crippen molar-refractivity contribution in [3.05, 3.63) is 99.6 Å². The predicted molar refractivity (Wildman–Crippen MR) is 144 cm³/mol. The Morgan fingerprint density at radius 2 is 1.78 bits per heavy atom. The molecule has 6 nitrogen and oxygen atoms in total. The van der Waals surface area contributed by atoms with E-state index in [0.717, 1.165) is 22.4 Å². The molecule has 1 aliphatic heterocycles. The molecule has 1 N–H and O–H groups in total. The van der Waals surface area contributed by atoms with Gasteiger partial charge < -0.3 is 19.5 Å². The zero-order chi connectivity index (χ0) is 26.7. The lowest BCUT2D eigenvalue weighted by molar-refractivity contribution is -0.140. The molecule has 1 saturated heterocycles. The largest absolute Gasteiger partial charge is 0.507 e. The van der Waals surface area contributed by atoms with Gasteiger partial charge in [-0.1, -0.05) is 67.4 Å². The molecular weight excluding hydrogens is 490 g/mol. The van der Waals surface area contributed by atoms with Gasteiger partial charge in [-0.25, -0.2) is 0 Å². The highest BCUT2D eigenvalue weighted by molar-refractivity contribution is 6.46. The molecular formula is C30H30ClNO5. The van der Waals surface area contributed by atoms with Crippen LogP contribution >= 0.6 is 11.6 Å². The Labute approximate surface area is 222 Å². The number of aliphatic hydroxyl groups excluding tert-OH is 1. The van der Waals surface area contributed by atoms with Crippen molar-refractivity contribution in [1.82, 2.24) is 4.90 Å². The number of aryl methyl sites for hydroxylation is 1. The van der Waals surface area contributed by atoms with Crippen molar-refractivity contribution >= 4 is 29.1 Å². The molecule has 3 aromatic rings. The SMILES string of the molecule is COc1cc(/C(O)=C2/C(=O)C(=O)N(Cc3ccc(OCC(C)C)cc3)C2c2cccc(C)c2)ccc1Cl. The third kappa shape index (κ3) is 5.65. The van der Waals surface area contributed by atoms with Crippen molar-refractivity contribution in [2.24, 2.45) is 5.92 Å². The number of methoxy groups -OCH3 is 1. The Morgan fingerprint density at radius 3 is 2.43 bits per heavy atom. The molecule has 0 spiro atoms. The highest BCUT2D eigenvalue weighted by Gasteiger charge is 2.46. The number of amides is 1. The van der Waals surface area contributed by atoms with Crippen molar-refractivity contribution in [2.75, 3.05) is 13.7 Å². The summed E-state index contributed by atoms with van der Waals surface area (Å²) in [6.07, 6.45) is 0. The van der Waals surface area contributed by atoms with Crippen molar-refractivity contribution in [3.8, 4) is 11.5 Å². The fourth-order valence-electron chi connectivity index (χ4n) is 4.34. The molecule has 0 aromatic heterocycles. The molecule has 0 bridgehead atoms. The number of benzene rings is 3. The minimum Gasteiger partial charge on any atom is -0.507 e. The van der Waals surface area contributed by atoms with E-state index >= 15 is 0 Å². The molecule has 0 saturated carbocycles. The van der Waals surface area contributed by atoms with Gasteiger partial charge >= 0.3 is 0 Å². The van der Waals surface area contributed by atoms with E-state index in [1.165, 1.54) is 12.0 Å². The molecule has 1 amide bonds. The second-order valence-corrected chi connectivity index (χ2v) is 9.95. The van der Waals surface area contributed by atoms with E-state index in [4.69, 9.17) is 21.1 Å². The first-order valence-electron chi connectivity index (χ1n) is 12.1. The van der Waals surface area contributed by atoms with Gasteiger partial charge in [-0.3, -0.25) is 9.59 Å². The zero-order valence-electron chi connectivity index (χ0n) is 21.3. The number of ether oxygens (including phenoxy) is 2. The Morgan fingerprint density at radius 1 is 1.05 bits per heavy atom. The molecule has 1 aliphatic rings. The van der Waals surface area contributed by atoms with E-state index in [1.54, 1.807) is 18.2 Å². The van der Waals surface area contributed by atoms with Gasteiger partial charge in [0.1, 0.15) is 17.3 Å². The lowest BCUT2D eigenvalue weighted by Gasteiger charge is -2.26. The Bertz CT molecular complexity index is 1350. The molecule has 1 atom stereocenters. The number of likely N-dealkylation sites (tertiary alicyclic amines) is 1. The quantitative estimate of drug-likeness (QED) is 0.214. The molecule has 37 heavy (non-hydrogen) atoms. The van der Waals surface area contributed by atoms with Crippen LogP contribution in [-0.4, -0.2) is 35.4 Å². The minimum atomic E-state index is -0.765. The number of carbonyl (C=O) groups excluding carboxylic acids is 2. The third-order valence-electron chi connectivity index (χ3n) is 6.18. The number of hydrogen-bond acceptors (Lipinski definition) is 5. The highest BCUT2D eigenvalue weighted by Crippen LogP contribution is 2.41. The van der Waals surface area contributed by atoms with E-state index in [2.05, 4.69) is 13.8 Å². The van der Waals surface area contributed by atoms with Crippen LogP contribution < -0.4 is 9.47 Å². The number of aliphatic hydroxyl groups is 1. The molecule has 0 aliphatic carbocycles. The Hall–Kier alpha value is -3.77. The maximum absolute atomic E-state index is 13.3. The topological polar surface area (TPSA) is 76.1 Å². The van der Waals surface area contributed by atoms with Gasteiger partial charge in [-0.05, 0) is 54.3 Å². The maximum atomic E-state index is 13.3. The highest BCUT2D eigenvalue weighted by atomic mass is 35.5. The number of nitrogens with zero attached hydrogens (tertiary/aromatic N) is 1. The van der Waals surface area contributed by atoms with Crippen LogP contribution in [0.15, 0.2) is 72.3 Å². The van der Waals surface area contributed by atoms with Crippen LogP contribution in [0.1, 0.15) is 42.1 Å². The van der Waals surface area contributed by atoms with Crippen LogP contribution in [0.25, 0.3) is 5.76 Å². The van der Waals surface area contributed by atoms with Crippen LogP contribution in [0.5, 0.6) is 11.5 Å². The lowest BCUT2D eigenvalue weighted by Crippen LogP contribution is -2.29. The minimum absolute atomic E-state index is 0.0249. The Kier molecular flexibility index (Phi) is 7.89. The molecule has 1 unspecified atom stereocenters. The van der Waals surface area contributed by atoms with E-state index < -0.39 is 17.7 Å². The maximum Gasteiger partial charge on any atom is 0.295 e. The normalized spacial score (nSPS) is 16.9. The number of rotatable bonds is 8. The van der Waals surface area contributed by atoms with Crippen molar-refractivity contribution < 1.29 is 24.2 Å². The van der Waals surface area contributed by atoms with Gasteiger partial charge in [-0.2, -0.15) is 0 Å². The molecule has 4 rings (SSSR count). The van der Waals surface area contributed by atoms with Crippen molar-refractivity contribution in [1.29, 1.82) is 0 Å². The van der Waals surface area contributed by atoms with Crippen LogP contribution in [0.4, 0.5) is 0 Å². The van der Waals surface area contributed by atoms with Crippen LogP contribution in [0.2, 0.25) is 5.02 Å².